The molecule has 1 saturated heterocycles. The summed E-state index contributed by atoms with van der Waals surface area (Å²) in [5, 5.41) is 6.56. The molecule has 2 fully saturated rings. The minimum Gasteiger partial charge on any atom is -0.353 e. The Balaban J connectivity index is 1.70. The Morgan fingerprint density at radius 1 is 1.29 bits per heavy atom. The molecular formula is C14H26N2O. The summed E-state index contributed by atoms with van der Waals surface area (Å²) < 4.78 is 0. The van der Waals surface area contributed by atoms with Gasteiger partial charge in [0, 0.05) is 12.5 Å². The van der Waals surface area contributed by atoms with Crippen LogP contribution in [0.3, 0.4) is 0 Å². The number of rotatable bonds is 3. The molecule has 0 bridgehead atoms. The van der Waals surface area contributed by atoms with Crippen LogP contribution < -0.4 is 10.6 Å². The third kappa shape index (κ3) is 3.98. The molecule has 1 aliphatic carbocycles. The van der Waals surface area contributed by atoms with Crippen molar-refractivity contribution in [3.05, 3.63) is 0 Å². The van der Waals surface area contributed by atoms with Crippen LogP contribution in [0, 0.1) is 11.3 Å². The van der Waals surface area contributed by atoms with Gasteiger partial charge in [-0.2, -0.15) is 0 Å². The van der Waals surface area contributed by atoms with E-state index in [1.807, 2.05) is 0 Å². The molecule has 1 unspecified atom stereocenters. The first-order valence-electron chi connectivity index (χ1n) is 7.05. The average Bonchev–Trinajstić information content (AvgIpc) is 2.59. The summed E-state index contributed by atoms with van der Waals surface area (Å²) in [6.07, 6.45) is 6.59. The normalized spacial score (nSPS) is 29.2. The molecule has 0 aromatic rings. The summed E-state index contributed by atoms with van der Waals surface area (Å²) in [5.74, 6) is 0.880. The van der Waals surface area contributed by atoms with Gasteiger partial charge in [0.15, 0.2) is 0 Å². The summed E-state index contributed by atoms with van der Waals surface area (Å²) in [4.78, 5) is 11.9. The lowest BCUT2D eigenvalue weighted by Gasteiger charge is -2.23. The smallest absolute Gasteiger partial charge is 0.220 e. The monoisotopic (exact) mass is 238 g/mol. The second-order valence-electron chi connectivity index (χ2n) is 6.57. The largest absolute Gasteiger partial charge is 0.353 e. The van der Waals surface area contributed by atoms with Gasteiger partial charge in [0.25, 0.3) is 0 Å². The van der Waals surface area contributed by atoms with Crippen LogP contribution in [0.4, 0.5) is 0 Å². The maximum atomic E-state index is 11.9. The van der Waals surface area contributed by atoms with Gasteiger partial charge < -0.3 is 10.6 Å². The van der Waals surface area contributed by atoms with Gasteiger partial charge in [-0.1, -0.05) is 13.8 Å². The van der Waals surface area contributed by atoms with E-state index in [1.54, 1.807) is 0 Å². The third-order valence-corrected chi connectivity index (χ3v) is 4.27. The van der Waals surface area contributed by atoms with Crippen LogP contribution in [0.5, 0.6) is 0 Å². The number of piperidine rings is 1. The van der Waals surface area contributed by atoms with Crippen LogP contribution in [0.1, 0.15) is 52.4 Å². The first-order chi connectivity index (χ1) is 8.05. The highest BCUT2D eigenvalue weighted by molar-refractivity contribution is 5.76. The molecule has 2 N–H and O–H groups in total. The summed E-state index contributed by atoms with van der Waals surface area (Å²) in [6.45, 7) is 6.75. The second kappa shape index (κ2) is 5.38. The predicted molar refractivity (Wildman–Crippen MR) is 69.8 cm³/mol. The van der Waals surface area contributed by atoms with E-state index in [4.69, 9.17) is 0 Å². The molecule has 1 heterocycles. The fourth-order valence-corrected chi connectivity index (χ4v) is 3.19. The molecule has 3 heteroatoms. The Hall–Kier alpha value is -0.570. The molecular weight excluding hydrogens is 212 g/mol. The second-order valence-corrected chi connectivity index (χ2v) is 6.57. The number of carbonyl (C=O) groups excluding carboxylic acids is 1. The van der Waals surface area contributed by atoms with E-state index in [9.17, 15) is 4.79 Å². The minimum atomic E-state index is 0.277. The molecule has 1 amide bonds. The van der Waals surface area contributed by atoms with Crippen LogP contribution in [-0.2, 0) is 4.79 Å². The molecule has 98 valence electrons. The molecule has 2 rings (SSSR count). The van der Waals surface area contributed by atoms with E-state index in [0.717, 1.165) is 45.2 Å². The van der Waals surface area contributed by atoms with Crippen molar-refractivity contribution in [2.75, 3.05) is 13.1 Å². The van der Waals surface area contributed by atoms with Crippen molar-refractivity contribution < 1.29 is 4.79 Å². The van der Waals surface area contributed by atoms with Gasteiger partial charge in [0.05, 0.1) is 0 Å². The molecule has 0 aromatic carbocycles. The predicted octanol–water partition coefficient (Wildman–Crippen LogP) is 2.07. The lowest BCUT2D eigenvalue weighted by Crippen LogP contribution is -2.36. The number of hydrogen-bond acceptors (Lipinski definition) is 2. The third-order valence-electron chi connectivity index (χ3n) is 4.27. The van der Waals surface area contributed by atoms with Crippen molar-refractivity contribution in [1.29, 1.82) is 0 Å². The lowest BCUT2D eigenvalue weighted by molar-refractivity contribution is -0.122. The summed E-state index contributed by atoms with van der Waals surface area (Å²) >= 11 is 0. The molecule has 1 atom stereocenters. The standard InChI is InChI=1S/C14H26N2O/c1-14(2)6-3-12(10-14)16-13(17)9-11-4-7-15-8-5-11/h11-12,15H,3-10H2,1-2H3,(H,16,17). The van der Waals surface area contributed by atoms with Crippen molar-refractivity contribution in [1.82, 2.24) is 10.6 Å². The van der Waals surface area contributed by atoms with Crippen molar-refractivity contribution in [3.8, 4) is 0 Å². The van der Waals surface area contributed by atoms with E-state index in [-0.39, 0.29) is 5.91 Å². The highest BCUT2D eigenvalue weighted by Gasteiger charge is 2.31. The van der Waals surface area contributed by atoms with Gasteiger partial charge >= 0.3 is 0 Å². The van der Waals surface area contributed by atoms with Crippen LogP contribution in [-0.4, -0.2) is 25.0 Å². The fourth-order valence-electron chi connectivity index (χ4n) is 3.19. The Morgan fingerprint density at radius 2 is 2.00 bits per heavy atom. The molecule has 3 nitrogen and oxygen atoms in total. The zero-order valence-electron chi connectivity index (χ0n) is 11.2. The molecule has 1 saturated carbocycles. The molecule has 1 aliphatic heterocycles. The molecule has 17 heavy (non-hydrogen) atoms. The zero-order valence-corrected chi connectivity index (χ0v) is 11.2. The van der Waals surface area contributed by atoms with Crippen LogP contribution in [0.2, 0.25) is 0 Å². The van der Waals surface area contributed by atoms with E-state index >= 15 is 0 Å². The van der Waals surface area contributed by atoms with Crippen molar-refractivity contribution in [2.24, 2.45) is 11.3 Å². The highest BCUT2D eigenvalue weighted by atomic mass is 16.1. The van der Waals surface area contributed by atoms with Gasteiger partial charge in [0.1, 0.15) is 0 Å². The molecule has 0 aromatic heterocycles. The number of nitrogens with one attached hydrogen (secondary N) is 2. The summed E-state index contributed by atoms with van der Waals surface area (Å²) in [7, 11) is 0. The van der Waals surface area contributed by atoms with E-state index < -0.39 is 0 Å². The SMILES string of the molecule is CC1(C)CCC(NC(=O)CC2CCNCC2)C1. The van der Waals surface area contributed by atoms with Crippen molar-refractivity contribution >= 4 is 5.91 Å². The van der Waals surface area contributed by atoms with Gasteiger partial charge in [0.2, 0.25) is 5.91 Å². The van der Waals surface area contributed by atoms with Crippen molar-refractivity contribution in [2.45, 2.75) is 58.4 Å². The van der Waals surface area contributed by atoms with Crippen molar-refractivity contribution in [3.63, 3.8) is 0 Å². The van der Waals surface area contributed by atoms with E-state index in [0.29, 0.717) is 17.4 Å². The van der Waals surface area contributed by atoms with Gasteiger partial charge in [-0.15, -0.1) is 0 Å². The first kappa shape index (κ1) is 12.9. The van der Waals surface area contributed by atoms with Gasteiger partial charge in [-0.25, -0.2) is 0 Å². The number of hydrogen-bond donors (Lipinski definition) is 2. The van der Waals surface area contributed by atoms with E-state index in [1.165, 1.54) is 6.42 Å². The zero-order chi connectivity index (χ0) is 12.3. The lowest BCUT2D eigenvalue weighted by atomic mass is 9.91. The molecule has 0 radical (unpaired) electrons. The van der Waals surface area contributed by atoms with Crippen LogP contribution in [0.25, 0.3) is 0 Å². The van der Waals surface area contributed by atoms with Gasteiger partial charge in [-0.3, -0.25) is 4.79 Å². The van der Waals surface area contributed by atoms with Crippen LogP contribution in [0.15, 0.2) is 0 Å². The first-order valence-corrected chi connectivity index (χ1v) is 7.05. The summed E-state index contributed by atoms with van der Waals surface area (Å²) in [5.41, 5.74) is 0.423. The number of carbonyl (C=O) groups is 1. The quantitative estimate of drug-likeness (QED) is 0.790. The Labute approximate surface area is 105 Å². The Morgan fingerprint density at radius 3 is 2.59 bits per heavy atom. The fraction of sp³-hybridized carbons (Fsp3) is 0.929. The van der Waals surface area contributed by atoms with Gasteiger partial charge in [-0.05, 0) is 56.5 Å². The minimum absolute atomic E-state index is 0.277. The van der Waals surface area contributed by atoms with E-state index in [2.05, 4.69) is 24.5 Å². The number of amides is 1. The maximum Gasteiger partial charge on any atom is 0.220 e. The summed E-state index contributed by atoms with van der Waals surface area (Å²) in [6, 6.07) is 0.430. The van der Waals surface area contributed by atoms with Crippen LogP contribution >= 0.6 is 0 Å². The topological polar surface area (TPSA) is 41.1 Å². The average molecular weight is 238 g/mol. The highest BCUT2D eigenvalue weighted by Crippen LogP contribution is 2.36. The maximum absolute atomic E-state index is 11.9. The Kier molecular flexibility index (Phi) is 4.08. The Bertz CT molecular complexity index is 269. The molecule has 2 aliphatic rings. The molecule has 0 spiro atoms.